The van der Waals surface area contributed by atoms with Crippen molar-refractivity contribution in [3.63, 3.8) is 0 Å². The van der Waals surface area contributed by atoms with Crippen molar-refractivity contribution < 1.29 is 14.1 Å². The number of nitro groups is 1. The van der Waals surface area contributed by atoms with Crippen LogP contribution >= 0.6 is 0 Å². The summed E-state index contributed by atoms with van der Waals surface area (Å²) >= 11 is 0. The van der Waals surface area contributed by atoms with Gasteiger partial charge in [0.1, 0.15) is 6.10 Å². The molecule has 3 rings (SSSR count). The maximum Gasteiger partial charge on any atom is 0.272 e. The summed E-state index contributed by atoms with van der Waals surface area (Å²) in [6.07, 6.45) is 4.02. The van der Waals surface area contributed by atoms with Crippen LogP contribution in [0.3, 0.4) is 0 Å². The largest absolute Gasteiger partial charge is 0.487 e. The molecule has 0 saturated carbocycles. The molecule has 2 saturated heterocycles. The van der Waals surface area contributed by atoms with Gasteiger partial charge in [-0.1, -0.05) is 0 Å². The van der Waals surface area contributed by atoms with Crippen LogP contribution in [0.4, 0.5) is 10.1 Å². The summed E-state index contributed by atoms with van der Waals surface area (Å²) < 4.78 is 19.4. The Morgan fingerprint density at radius 3 is 2.58 bits per heavy atom. The van der Waals surface area contributed by atoms with Gasteiger partial charge in [0.25, 0.3) is 5.69 Å². The van der Waals surface area contributed by atoms with Gasteiger partial charge in [-0.15, -0.1) is 0 Å². The highest BCUT2D eigenvalue weighted by Crippen LogP contribution is 2.31. The normalized spacial score (nSPS) is 29.2. The Hall–Kier alpha value is -1.69. The Balaban J connectivity index is 1.71. The fourth-order valence-corrected chi connectivity index (χ4v) is 2.98. The number of nitrogens with zero attached hydrogens (tertiary/aromatic N) is 1. The molecule has 2 aliphatic rings. The molecule has 1 aromatic rings. The Morgan fingerprint density at radius 2 is 2.00 bits per heavy atom. The molecule has 0 amide bonds. The second-order valence-corrected chi connectivity index (χ2v) is 5.22. The number of ether oxygens (including phenoxy) is 1. The van der Waals surface area contributed by atoms with E-state index in [1.807, 2.05) is 0 Å². The molecule has 2 aliphatic heterocycles. The van der Waals surface area contributed by atoms with Crippen molar-refractivity contribution in [3.05, 3.63) is 34.1 Å². The fraction of sp³-hybridized carbons (Fsp3) is 0.538. The summed E-state index contributed by atoms with van der Waals surface area (Å²) in [5.74, 6) is -0.558. The highest BCUT2D eigenvalue weighted by molar-refractivity contribution is 5.37. The monoisotopic (exact) mass is 266 g/mol. The highest BCUT2D eigenvalue weighted by atomic mass is 19.1. The minimum Gasteiger partial charge on any atom is -0.487 e. The number of hydrogen-bond donors (Lipinski definition) is 1. The van der Waals surface area contributed by atoms with E-state index in [-0.39, 0.29) is 17.5 Å². The van der Waals surface area contributed by atoms with Gasteiger partial charge in [-0.2, -0.15) is 0 Å². The summed E-state index contributed by atoms with van der Waals surface area (Å²) in [5, 5.41) is 14.0. The topological polar surface area (TPSA) is 64.4 Å². The third-order valence-corrected chi connectivity index (χ3v) is 3.85. The Morgan fingerprint density at radius 1 is 1.32 bits per heavy atom. The molecule has 1 N–H and O–H groups in total. The van der Waals surface area contributed by atoms with Crippen molar-refractivity contribution in [2.24, 2.45) is 0 Å². The molecule has 3 atom stereocenters. The van der Waals surface area contributed by atoms with Crippen LogP contribution < -0.4 is 10.1 Å². The van der Waals surface area contributed by atoms with Gasteiger partial charge in [0.15, 0.2) is 11.6 Å². The van der Waals surface area contributed by atoms with E-state index in [4.69, 9.17) is 4.74 Å². The van der Waals surface area contributed by atoms with Crippen LogP contribution in [0.1, 0.15) is 25.7 Å². The molecule has 2 bridgehead atoms. The van der Waals surface area contributed by atoms with Gasteiger partial charge in [0, 0.05) is 18.2 Å². The quantitative estimate of drug-likeness (QED) is 0.674. The van der Waals surface area contributed by atoms with E-state index in [0.717, 1.165) is 31.7 Å². The average molecular weight is 266 g/mol. The van der Waals surface area contributed by atoms with Gasteiger partial charge >= 0.3 is 0 Å². The van der Waals surface area contributed by atoms with E-state index in [1.54, 1.807) is 0 Å². The lowest BCUT2D eigenvalue weighted by Gasteiger charge is -2.29. The number of halogens is 1. The van der Waals surface area contributed by atoms with Gasteiger partial charge in [-0.25, -0.2) is 4.39 Å². The summed E-state index contributed by atoms with van der Waals surface area (Å²) in [7, 11) is 0. The Kier molecular flexibility index (Phi) is 3.10. The molecule has 2 fully saturated rings. The van der Waals surface area contributed by atoms with Crippen molar-refractivity contribution in [1.29, 1.82) is 0 Å². The van der Waals surface area contributed by atoms with Gasteiger partial charge in [-0.05, 0) is 31.7 Å². The maximum atomic E-state index is 13.7. The first kappa shape index (κ1) is 12.3. The summed E-state index contributed by atoms with van der Waals surface area (Å²) in [6.45, 7) is 0. The smallest absolute Gasteiger partial charge is 0.272 e. The zero-order valence-corrected chi connectivity index (χ0v) is 10.3. The van der Waals surface area contributed by atoms with E-state index in [0.29, 0.717) is 12.1 Å². The van der Waals surface area contributed by atoms with Crippen molar-refractivity contribution in [1.82, 2.24) is 5.32 Å². The Bertz CT molecular complexity index is 497. The molecule has 0 radical (unpaired) electrons. The van der Waals surface area contributed by atoms with E-state index in [9.17, 15) is 14.5 Å². The molecular weight excluding hydrogens is 251 g/mol. The van der Waals surface area contributed by atoms with Crippen molar-refractivity contribution in [2.75, 3.05) is 0 Å². The van der Waals surface area contributed by atoms with Crippen LogP contribution in [0.2, 0.25) is 0 Å². The first-order valence-corrected chi connectivity index (χ1v) is 6.48. The van der Waals surface area contributed by atoms with Crippen molar-refractivity contribution >= 4 is 5.69 Å². The second-order valence-electron chi connectivity index (χ2n) is 5.22. The minimum atomic E-state index is -0.667. The molecule has 6 heteroatoms. The number of non-ortho nitro benzene ring substituents is 1. The summed E-state index contributed by atoms with van der Waals surface area (Å²) in [4.78, 5) is 9.93. The lowest BCUT2D eigenvalue weighted by Crippen LogP contribution is -2.42. The molecule has 0 aromatic heterocycles. The molecule has 0 aliphatic carbocycles. The SMILES string of the molecule is O=[N+]([O-])c1ccc(OC2C[C@H]3CC[C@@H](C2)N3)c(F)c1. The third-order valence-electron chi connectivity index (χ3n) is 3.85. The maximum absolute atomic E-state index is 13.7. The standard InChI is InChI=1S/C13H15FN2O3/c14-12-7-10(16(17)18)3-4-13(12)19-11-5-8-1-2-9(6-11)15-8/h3-4,7-9,11,15H,1-2,5-6H2/t8-,9+,11?. The number of nitrogens with one attached hydrogen (secondary N) is 1. The minimum absolute atomic E-state index is 0.00490. The van der Waals surface area contributed by atoms with Crippen LogP contribution in [0, 0.1) is 15.9 Å². The zero-order valence-electron chi connectivity index (χ0n) is 10.3. The van der Waals surface area contributed by atoms with Gasteiger partial charge in [0.05, 0.1) is 11.0 Å². The number of benzene rings is 1. The molecular formula is C13H15FN2O3. The predicted molar refractivity (Wildman–Crippen MR) is 66.7 cm³/mol. The summed E-state index contributed by atoms with van der Waals surface area (Å²) in [5.41, 5.74) is -0.254. The summed E-state index contributed by atoms with van der Waals surface area (Å²) in [6, 6.07) is 4.45. The van der Waals surface area contributed by atoms with E-state index >= 15 is 0 Å². The van der Waals surface area contributed by atoms with Crippen LogP contribution in [-0.2, 0) is 0 Å². The highest BCUT2D eigenvalue weighted by Gasteiger charge is 2.34. The number of piperidine rings is 1. The first-order chi connectivity index (χ1) is 9.11. The molecule has 1 aromatic carbocycles. The molecule has 0 spiro atoms. The Labute approximate surface area is 109 Å². The van der Waals surface area contributed by atoms with Crippen LogP contribution in [-0.4, -0.2) is 23.1 Å². The van der Waals surface area contributed by atoms with Crippen LogP contribution in [0.25, 0.3) is 0 Å². The fourth-order valence-electron chi connectivity index (χ4n) is 2.98. The zero-order chi connectivity index (χ0) is 13.4. The molecule has 2 heterocycles. The van der Waals surface area contributed by atoms with E-state index in [1.165, 1.54) is 12.1 Å². The van der Waals surface area contributed by atoms with Gasteiger partial charge in [0.2, 0.25) is 0 Å². The predicted octanol–water partition coefficient (Wildman–Crippen LogP) is 2.40. The van der Waals surface area contributed by atoms with Crippen molar-refractivity contribution in [2.45, 2.75) is 43.9 Å². The molecule has 102 valence electrons. The lowest BCUT2D eigenvalue weighted by atomic mass is 10.0. The molecule has 19 heavy (non-hydrogen) atoms. The molecule has 1 unspecified atom stereocenters. The number of nitro benzene ring substituents is 1. The average Bonchev–Trinajstić information content (AvgIpc) is 2.71. The van der Waals surface area contributed by atoms with Crippen molar-refractivity contribution in [3.8, 4) is 5.75 Å². The first-order valence-electron chi connectivity index (χ1n) is 6.48. The van der Waals surface area contributed by atoms with Crippen LogP contribution in [0.5, 0.6) is 5.75 Å². The lowest BCUT2D eigenvalue weighted by molar-refractivity contribution is -0.385. The number of rotatable bonds is 3. The van der Waals surface area contributed by atoms with Crippen LogP contribution in [0.15, 0.2) is 18.2 Å². The van der Waals surface area contributed by atoms with Gasteiger partial charge in [-0.3, -0.25) is 10.1 Å². The van der Waals surface area contributed by atoms with E-state index < -0.39 is 10.7 Å². The molecule has 5 nitrogen and oxygen atoms in total. The number of fused-ring (bicyclic) bond motifs is 2. The van der Waals surface area contributed by atoms with E-state index in [2.05, 4.69) is 5.32 Å². The third kappa shape index (κ3) is 2.53. The van der Waals surface area contributed by atoms with Gasteiger partial charge < -0.3 is 10.1 Å². The number of hydrogen-bond acceptors (Lipinski definition) is 4. The second kappa shape index (κ2) is 4.77.